The molecule has 4 rings (SSSR count). The summed E-state index contributed by atoms with van der Waals surface area (Å²) in [6.45, 7) is 9.94. The molecule has 2 saturated heterocycles. The van der Waals surface area contributed by atoms with Gasteiger partial charge in [0.2, 0.25) is 5.91 Å². The molecule has 2 aliphatic heterocycles. The fourth-order valence-electron chi connectivity index (χ4n) is 4.67. The number of carbonyl (C=O) groups is 1. The van der Waals surface area contributed by atoms with Crippen LogP contribution in [0.15, 0.2) is 42.5 Å². The number of likely N-dealkylation sites (N-methyl/N-ethyl adjacent to an activating group) is 1. The minimum absolute atomic E-state index is 0.0977. The topological polar surface area (TPSA) is 38.8 Å². The van der Waals surface area contributed by atoms with E-state index in [-0.39, 0.29) is 11.9 Å². The van der Waals surface area contributed by atoms with Crippen LogP contribution in [0.5, 0.6) is 0 Å². The number of amides is 1. The van der Waals surface area contributed by atoms with Crippen LogP contribution < -0.4 is 5.32 Å². The van der Waals surface area contributed by atoms with Gasteiger partial charge < -0.3 is 15.1 Å². The number of piperidine rings is 1. The van der Waals surface area contributed by atoms with Gasteiger partial charge in [0, 0.05) is 45.0 Å². The lowest BCUT2D eigenvalue weighted by atomic mass is 9.95. The van der Waals surface area contributed by atoms with E-state index in [0.29, 0.717) is 5.92 Å². The lowest BCUT2D eigenvalue weighted by molar-refractivity contribution is -0.121. The molecular formula is C24H34N4O. The zero-order valence-corrected chi connectivity index (χ0v) is 17.8. The Morgan fingerprint density at radius 2 is 1.83 bits per heavy atom. The smallest absolute Gasteiger partial charge is 0.241 e. The highest BCUT2D eigenvalue weighted by atomic mass is 16.2. The SMILES string of the molecule is C[C@@H](C(=O)Nc1ccc2ccccc2c1)N1CCC[C@H](CN2CCN(C)CC2)C1. The van der Waals surface area contributed by atoms with Crippen LogP contribution in [0, 0.1) is 5.92 Å². The molecule has 0 aromatic heterocycles. The summed E-state index contributed by atoms with van der Waals surface area (Å²) < 4.78 is 0. The number of hydrogen-bond donors (Lipinski definition) is 1. The Bertz CT molecular complexity index is 830. The first-order valence-corrected chi connectivity index (χ1v) is 11.0. The van der Waals surface area contributed by atoms with E-state index in [1.807, 2.05) is 18.2 Å². The van der Waals surface area contributed by atoms with Crippen LogP contribution in [-0.2, 0) is 4.79 Å². The Balaban J connectivity index is 1.32. The molecule has 2 atom stereocenters. The van der Waals surface area contributed by atoms with Crippen molar-refractivity contribution in [3.8, 4) is 0 Å². The number of nitrogens with one attached hydrogen (secondary N) is 1. The number of rotatable bonds is 5. The molecule has 1 amide bonds. The van der Waals surface area contributed by atoms with E-state index in [2.05, 4.69) is 58.3 Å². The molecule has 1 N–H and O–H groups in total. The number of fused-ring (bicyclic) bond motifs is 1. The van der Waals surface area contributed by atoms with Crippen molar-refractivity contribution < 1.29 is 4.79 Å². The second-order valence-electron chi connectivity index (χ2n) is 8.83. The molecule has 0 radical (unpaired) electrons. The van der Waals surface area contributed by atoms with E-state index in [1.165, 1.54) is 51.0 Å². The Morgan fingerprint density at radius 1 is 1.07 bits per heavy atom. The molecule has 0 aliphatic carbocycles. The van der Waals surface area contributed by atoms with Gasteiger partial charge >= 0.3 is 0 Å². The zero-order chi connectivity index (χ0) is 20.2. The van der Waals surface area contributed by atoms with Crippen LogP contribution in [0.1, 0.15) is 19.8 Å². The van der Waals surface area contributed by atoms with Crippen molar-refractivity contribution in [3.05, 3.63) is 42.5 Å². The van der Waals surface area contributed by atoms with Gasteiger partial charge in [-0.15, -0.1) is 0 Å². The van der Waals surface area contributed by atoms with Crippen molar-refractivity contribution >= 4 is 22.4 Å². The molecule has 2 fully saturated rings. The minimum Gasteiger partial charge on any atom is -0.325 e. The van der Waals surface area contributed by atoms with E-state index in [4.69, 9.17) is 0 Å². The third kappa shape index (κ3) is 5.16. The van der Waals surface area contributed by atoms with Crippen molar-refractivity contribution in [2.75, 3.05) is 58.2 Å². The lowest BCUT2D eigenvalue weighted by Crippen LogP contribution is -2.51. The normalized spacial score (nSPS) is 23.2. The summed E-state index contributed by atoms with van der Waals surface area (Å²) in [6.07, 6.45) is 2.47. The maximum absolute atomic E-state index is 12.9. The average molecular weight is 395 g/mol. The van der Waals surface area contributed by atoms with E-state index < -0.39 is 0 Å². The second-order valence-corrected chi connectivity index (χ2v) is 8.83. The fraction of sp³-hybridized carbons (Fsp3) is 0.542. The largest absolute Gasteiger partial charge is 0.325 e. The molecular weight excluding hydrogens is 360 g/mol. The van der Waals surface area contributed by atoms with Crippen molar-refractivity contribution in [1.82, 2.24) is 14.7 Å². The van der Waals surface area contributed by atoms with Gasteiger partial charge in [0.1, 0.15) is 0 Å². The van der Waals surface area contributed by atoms with E-state index in [1.54, 1.807) is 0 Å². The monoisotopic (exact) mass is 394 g/mol. The van der Waals surface area contributed by atoms with Crippen molar-refractivity contribution in [2.24, 2.45) is 5.92 Å². The number of hydrogen-bond acceptors (Lipinski definition) is 4. The predicted octanol–water partition coefficient (Wildman–Crippen LogP) is 3.13. The molecule has 0 saturated carbocycles. The molecule has 2 aromatic rings. The highest BCUT2D eigenvalue weighted by molar-refractivity contribution is 5.97. The van der Waals surface area contributed by atoms with Crippen LogP contribution in [0.4, 0.5) is 5.69 Å². The average Bonchev–Trinajstić information content (AvgIpc) is 2.75. The van der Waals surface area contributed by atoms with Gasteiger partial charge in [0.15, 0.2) is 0 Å². The quantitative estimate of drug-likeness (QED) is 0.846. The molecule has 2 aliphatic rings. The molecule has 0 unspecified atom stereocenters. The third-order valence-electron chi connectivity index (χ3n) is 6.61. The van der Waals surface area contributed by atoms with E-state index in [0.717, 1.165) is 24.2 Å². The summed E-state index contributed by atoms with van der Waals surface area (Å²) in [5.41, 5.74) is 0.881. The zero-order valence-electron chi connectivity index (χ0n) is 17.8. The molecule has 5 nitrogen and oxygen atoms in total. The Hall–Kier alpha value is -1.95. The van der Waals surface area contributed by atoms with Crippen LogP contribution >= 0.6 is 0 Å². The summed E-state index contributed by atoms with van der Waals surface area (Å²) in [6, 6.07) is 14.3. The summed E-state index contributed by atoms with van der Waals surface area (Å²) in [5.74, 6) is 0.767. The van der Waals surface area contributed by atoms with Crippen LogP contribution in [-0.4, -0.2) is 79.5 Å². The number of likely N-dealkylation sites (tertiary alicyclic amines) is 1. The first-order valence-electron chi connectivity index (χ1n) is 11.0. The lowest BCUT2D eigenvalue weighted by Gasteiger charge is -2.40. The first kappa shape index (κ1) is 20.3. The second kappa shape index (κ2) is 9.24. The number of piperazine rings is 1. The summed E-state index contributed by atoms with van der Waals surface area (Å²) in [7, 11) is 2.20. The predicted molar refractivity (Wildman–Crippen MR) is 120 cm³/mol. The molecule has 0 bridgehead atoms. The van der Waals surface area contributed by atoms with Gasteiger partial charge in [-0.3, -0.25) is 9.69 Å². The molecule has 5 heteroatoms. The number of anilines is 1. The summed E-state index contributed by atoms with van der Waals surface area (Å²) in [4.78, 5) is 20.3. The number of nitrogens with zero attached hydrogens (tertiary/aromatic N) is 3. The fourth-order valence-corrected chi connectivity index (χ4v) is 4.67. The Kier molecular flexibility index (Phi) is 6.48. The highest BCUT2D eigenvalue weighted by Crippen LogP contribution is 2.22. The molecule has 2 aromatic carbocycles. The van der Waals surface area contributed by atoms with Gasteiger partial charge in [-0.2, -0.15) is 0 Å². The number of benzene rings is 2. The molecule has 156 valence electrons. The summed E-state index contributed by atoms with van der Waals surface area (Å²) >= 11 is 0. The summed E-state index contributed by atoms with van der Waals surface area (Å²) in [5, 5.41) is 5.49. The van der Waals surface area contributed by atoms with E-state index in [9.17, 15) is 4.79 Å². The number of carbonyl (C=O) groups excluding carboxylic acids is 1. The highest BCUT2D eigenvalue weighted by Gasteiger charge is 2.29. The molecule has 2 heterocycles. The van der Waals surface area contributed by atoms with Gasteiger partial charge in [0.05, 0.1) is 6.04 Å². The van der Waals surface area contributed by atoms with Gasteiger partial charge in [-0.05, 0) is 62.2 Å². The Morgan fingerprint density at radius 3 is 2.62 bits per heavy atom. The molecule has 29 heavy (non-hydrogen) atoms. The van der Waals surface area contributed by atoms with Crippen molar-refractivity contribution in [3.63, 3.8) is 0 Å². The van der Waals surface area contributed by atoms with E-state index >= 15 is 0 Å². The first-order chi connectivity index (χ1) is 14.1. The Labute approximate surface area is 174 Å². The van der Waals surface area contributed by atoms with Crippen LogP contribution in [0.2, 0.25) is 0 Å². The van der Waals surface area contributed by atoms with Gasteiger partial charge in [-0.25, -0.2) is 0 Å². The minimum atomic E-state index is -0.100. The van der Waals surface area contributed by atoms with Gasteiger partial charge in [0.25, 0.3) is 0 Å². The van der Waals surface area contributed by atoms with Crippen molar-refractivity contribution in [2.45, 2.75) is 25.8 Å². The maximum atomic E-state index is 12.9. The van der Waals surface area contributed by atoms with Gasteiger partial charge in [-0.1, -0.05) is 30.3 Å². The van der Waals surface area contributed by atoms with Crippen LogP contribution in [0.25, 0.3) is 10.8 Å². The third-order valence-corrected chi connectivity index (χ3v) is 6.61. The molecule has 0 spiro atoms. The van der Waals surface area contributed by atoms with Crippen molar-refractivity contribution in [1.29, 1.82) is 0 Å². The van der Waals surface area contributed by atoms with Crippen LogP contribution in [0.3, 0.4) is 0 Å². The maximum Gasteiger partial charge on any atom is 0.241 e. The standard InChI is InChI=1S/C24H34N4O/c1-19(24(29)25-23-10-9-21-7-3-4-8-22(21)16-23)28-11-5-6-20(18-28)17-27-14-12-26(2)13-15-27/h3-4,7-10,16,19-20H,5-6,11-15,17-18H2,1-2H3,(H,25,29)/t19-,20+/m0/s1.